The third kappa shape index (κ3) is 6.88. The number of anilines is 2. The van der Waals surface area contributed by atoms with Crippen molar-refractivity contribution in [2.45, 2.75) is 9.79 Å². The number of hydrogen-bond acceptors (Lipinski definition) is 9. The summed E-state index contributed by atoms with van der Waals surface area (Å²) in [6, 6.07) is 25.9. The number of nitriles is 1. The highest BCUT2D eigenvalue weighted by molar-refractivity contribution is 7.93. The van der Waals surface area contributed by atoms with E-state index in [1.54, 1.807) is 12.1 Å². The Morgan fingerprint density at radius 1 is 0.680 bits per heavy atom. The quantitative estimate of drug-likeness (QED) is 0.168. The third-order valence-electron chi connectivity index (χ3n) is 7.69. The number of carboxylic acids is 2. The first-order chi connectivity index (χ1) is 23.8. The van der Waals surface area contributed by atoms with Gasteiger partial charge in [-0.15, -0.1) is 0 Å². The average molecular weight is 716 g/mol. The number of carbonyl (C=O) groups is 2. The lowest BCUT2D eigenvalue weighted by Gasteiger charge is -2.30. The van der Waals surface area contributed by atoms with E-state index in [1.165, 1.54) is 105 Å². The van der Waals surface area contributed by atoms with E-state index in [-0.39, 0.29) is 48.6 Å². The number of hydrogen-bond donors (Lipinski definition) is 2. The van der Waals surface area contributed by atoms with Crippen LogP contribution in [0.15, 0.2) is 113 Å². The van der Waals surface area contributed by atoms with E-state index in [4.69, 9.17) is 9.47 Å². The zero-order chi connectivity index (χ0) is 36.2. The maximum Gasteiger partial charge on any atom is 0.324 e. The van der Waals surface area contributed by atoms with Crippen LogP contribution in [-0.4, -0.2) is 66.3 Å². The standard InChI is InChI=1S/C35H29N3O10S2/c1-47-25-11-15-27(16-12-25)49(43,44)37(21-33(39)40)32-19-31(24-9-7-23(20-36)8-10-24)35(30-6-4-3-5-29(30)32)38(22-34(41)42)50(45,46)28-17-13-26(48-2)14-18-28/h3-19H,21-22H2,1-2H3,(H,39,40)(H,41,42). The highest BCUT2D eigenvalue weighted by atomic mass is 32.2. The van der Waals surface area contributed by atoms with Crippen LogP contribution in [0.25, 0.3) is 21.9 Å². The van der Waals surface area contributed by atoms with Crippen molar-refractivity contribution in [3.8, 4) is 28.7 Å². The lowest BCUT2D eigenvalue weighted by atomic mass is 9.96. The molecule has 5 aromatic carbocycles. The second-order valence-electron chi connectivity index (χ2n) is 10.7. The highest BCUT2D eigenvalue weighted by Gasteiger charge is 2.34. The second-order valence-corrected chi connectivity index (χ2v) is 14.4. The fraction of sp³-hybridized carbons (Fsp3) is 0.114. The number of fused-ring (bicyclic) bond motifs is 1. The number of nitrogens with zero attached hydrogens (tertiary/aromatic N) is 3. The predicted molar refractivity (Wildman–Crippen MR) is 184 cm³/mol. The number of sulfonamides is 2. The lowest BCUT2D eigenvalue weighted by Crippen LogP contribution is -2.37. The largest absolute Gasteiger partial charge is 0.497 e. The number of benzene rings is 5. The molecular weight excluding hydrogens is 687 g/mol. The summed E-state index contributed by atoms with van der Waals surface area (Å²) in [6.45, 7) is -2.06. The van der Waals surface area contributed by atoms with Crippen LogP contribution in [0.3, 0.4) is 0 Å². The van der Waals surface area contributed by atoms with Crippen molar-refractivity contribution in [2.24, 2.45) is 0 Å². The molecule has 50 heavy (non-hydrogen) atoms. The summed E-state index contributed by atoms with van der Waals surface area (Å²) in [4.78, 5) is 24.1. The molecule has 0 radical (unpaired) electrons. The van der Waals surface area contributed by atoms with Gasteiger partial charge in [0.15, 0.2) is 0 Å². The van der Waals surface area contributed by atoms with Crippen molar-refractivity contribution in [1.29, 1.82) is 5.26 Å². The molecule has 0 spiro atoms. The predicted octanol–water partition coefficient (Wildman–Crippen LogP) is 4.96. The zero-order valence-electron chi connectivity index (χ0n) is 26.5. The van der Waals surface area contributed by atoms with Crippen LogP contribution in [0.1, 0.15) is 5.56 Å². The molecule has 0 heterocycles. The van der Waals surface area contributed by atoms with Gasteiger partial charge in [-0.2, -0.15) is 5.26 Å². The van der Waals surface area contributed by atoms with Crippen LogP contribution >= 0.6 is 0 Å². The fourth-order valence-corrected chi connectivity index (χ4v) is 8.22. The highest BCUT2D eigenvalue weighted by Crippen LogP contribution is 2.45. The van der Waals surface area contributed by atoms with Gasteiger partial charge in [0.25, 0.3) is 20.0 Å². The summed E-state index contributed by atoms with van der Waals surface area (Å²) < 4.78 is 68.8. The Labute approximate surface area is 287 Å². The van der Waals surface area contributed by atoms with E-state index in [0.29, 0.717) is 20.1 Å². The molecular formula is C35H29N3O10S2. The van der Waals surface area contributed by atoms with E-state index < -0.39 is 45.1 Å². The minimum Gasteiger partial charge on any atom is -0.497 e. The smallest absolute Gasteiger partial charge is 0.324 e. The van der Waals surface area contributed by atoms with E-state index in [9.17, 15) is 41.9 Å². The molecule has 5 rings (SSSR count). The molecule has 0 amide bonds. The number of aliphatic carboxylic acids is 2. The summed E-state index contributed by atoms with van der Waals surface area (Å²) >= 11 is 0. The summed E-state index contributed by atoms with van der Waals surface area (Å²) in [5.41, 5.74) is 0.341. The number of carboxylic acid groups (broad SMARTS) is 2. The molecule has 15 heteroatoms. The lowest BCUT2D eigenvalue weighted by molar-refractivity contribution is -0.136. The molecule has 0 fully saturated rings. The molecule has 0 saturated carbocycles. The van der Waals surface area contributed by atoms with Crippen molar-refractivity contribution in [3.63, 3.8) is 0 Å². The summed E-state index contributed by atoms with van der Waals surface area (Å²) in [7, 11) is -6.41. The van der Waals surface area contributed by atoms with Gasteiger partial charge in [0.1, 0.15) is 24.6 Å². The maximum absolute atomic E-state index is 14.3. The van der Waals surface area contributed by atoms with Crippen LogP contribution in [0.4, 0.5) is 11.4 Å². The van der Waals surface area contributed by atoms with Gasteiger partial charge in [0.2, 0.25) is 0 Å². The molecule has 5 aromatic rings. The minimum atomic E-state index is -4.63. The summed E-state index contributed by atoms with van der Waals surface area (Å²) in [6.07, 6.45) is 0. The van der Waals surface area contributed by atoms with Crippen molar-refractivity contribution in [1.82, 2.24) is 0 Å². The summed E-state index contributed by atoms with van der Waals surface area (Å²) in [5.74, 6) is -2.25. The van der Waals surface area contributed by atoms with Crippen molar-refractivity contribution in [3.05, 3.63) is 109 Å². The maximum atomic E-state index is 14.3. The normalized spacial score (nSPS) is 11.4. The molecule has 2 N–H and O–H groups in total. The third-order valence-corrected chi connectivity index (χ3v) is 11.2. The number of rotatable bonds is 13. The molecule has 0 aliphatic rings. The zero-order valence-corrected chi connectivity index (χ0v) is 28.2. The molecule has 0 unspecified atom stereocenters. The Hall–Kier alpha value is -6.11. The van der Waals surface area contributed by atoms with E-state index in [0.717, 1.165) is 0 Å². The van der Waals surface area contributed by atoms with Crippen molar-refractivity contribution < 1.29 is 46.1 Å². The van der Waals surface area contributed by atoms with Crippen LogP contribution in [-0.2, 0) is 29.6 Å². The van der Waals surface area contributed by atoms with E-state index in [1.807, 2.05) is 6.07 Å². The minimum absolute atomic E-state index is 0.0434. The molecule has 0 saturated heterocycles. The molecule has 0 aromatic heterocycles. The van der Waals surface area contributed by atoms with Gasteiger partial charge in [-0.05, 0) is 72.3 Å². The van der Waals surface area contributed by atoms with Crippen LogP contribution < -0.4 is 18.1 Å². The average Bonchev–Trinajstić information content (AvgIpc) is 3.12. The SMILES string of the molecule is COc1ccc(S(=O)(=O)N(CC(=O)O)c2cc(-c3ccc(C#N)cc3)c(N(CC(=O)O)S(=O)(=O)c3ccc(OC)cc3)c3ccccc23)cc1. The van der Waals surface area contributed by atoms with Gasteiger partial charge in [-0.25, -0.2) is 16.8 Å². The molecule has 256 valence electrons. The Morgan fingerprint density at radius 2 is 1.14 bits per heavy atom. The first-order valence-corrected chi connectivity index (χ1v) is 17.5. The van der Waals surface area contributed by atoms with Gasteiger partial charge in [0.05, 0.1) is 47.0 Å². The summed E-state index contributed by atoms with van der Waals surface area (Å²) in [5, 5.41) is 29.6. The van der Waals surface area contributed by atoms with Gasteiger partial charge in [-0.3, -0.25) is 18.2 Å². The number of methoxy groups -OCH3 is 2. The molecule has 0 bridgehead atoms. The molecule has 13 nitrogen and oxygen atoms in total. The topological polar surface area (TPSA) is 192 Å². The first-order valence-electron chi connectivity index (χ1n) is 14.6. The molecule has 0 aliphatic carbocycles. The van der Waals surface area contributed by atoms with E-state index >= 15 is 0 Å². The molecule has 0 atom stereocenters. The monoisotopic (exact) mass is 715 g/mol. The van der Waals surface area contributed by atoms with Gasteiger partial charge < -0.3 is 19.7 Å². The van der Waals surface area contributed by atoms with Crippen LogP contribution in [0.5, 0.6) is 11.5 Å². The number of ether oxygens (including phenoxy) is 2. The Kier molecular flexibility index (Phi) is 9.97. The second kappa shape index (κ2) is 14.2. The first kappa shape index (κ1) is 35.2. The van der Waals surface area contributed by atoms with Crippen molar-refractivity contribution in [2.75, 3.05) is 35.9 Å². The Bertz CT molecular complexity index is 2340. The Balaban J connectivity index is 1.89. The fourth-order valence-electron chi connectivity index (χ4n) is 5.34. The van der Waals surface area contributed by atoms with Gasteiger partial charge in [-0.1, -0.05) is 36.4 Å². The van der Waals surface area contributed by atoms with Crippen molar-refractivity contribution >= 4 is 54.1 Å². The van der Waals surface area contributed by atoms with Gasteiger partial charge in [0, 0.05) is 16.3 Å². The molecule has 0 aliphatic heterocycles. The Morgan fingerprint density at radius 3 is 1.60 bits per heavy atom. The van der Waals surface area contributed by atoms with E-state index in [2.05, 4.69) is 0 Å². The van der Waals surface area contributed by atoms with Gasteiger partial charge >= 0.3 is 11.9 Å². The van der Waals surface area contributed by atoms with Crippen LogP contribution in [0.2, 0.25) is 0 Å². The van der Waals surface area contributed by atoms with Crippen LogP contribution in [0, 0.1) is 11.3 Å².